The van der Waals surface area contributed by atoms with E-state index in [1.165, 1.54) is 0 Å². The van der Waals surface area contributed by atoms with Gasteiger partial charge in [0, 0.05) is 23.9 Å². The van der Waals surface area contributed by atoms with Gasteiger partial charge >= 0.3 is 12.1 Å². The Morgan fingerprint density at radius 3 is 2.48 bits per heavy atom. The Morgan fingerprint density at radius 1 is 1.24 bits per heavy atom. The highest BCUT2D eigenvalue weighted by Crippen LogP contribution is 2.20. The lowest BCUT2D eigenvalue weighted by atomic mass is 10.1. The van der Waals surface area contributed by atoms with Crippen LogP contribution in [-0.4, -0.2) is 51.4 Å². The first-order valence-corrected chi connectivity index (χ1v) is 8.72. The fraction of sp³-hybridized carbons (Fsp3) is 0.389. The number of rotatable bonds is 4. The van der Waals surface area contributed by atoms with Crippen molar-refractivity contribution < 1.29 is 27.9 Å². The maximum absolute atomic E-state index is 12.0. The zero-order valence-corrected chi connectivity index (χ0v) is 15.5. The summed E-state index contributed by atoms with van der Waals surface area (Å²) in [6, 6.07) is 9.39. The summed E-state index contributed by atoms with van der Waals surface area (Å²) in [6.07, 6.45) is -3.77. The fourth-order valence-corrected chi connectivity index (χ4v) is 2.58. The van der Waals surface area contributed by atoms with E-state index in [0.29, 0.717) is 11.7 Å². The summed E-state index contributed by atoms with van der Waals surface area (Å²) in [5, 5.41) is 21.5. The van der Waals surface area contributed by atoms with Crippen molar-refractivity contribution in [3.8, 4) is 0 Å². The van der Waals surface area contributed by atoms with Gasteiger partial charge in [-0.25, -0.2) is 4.79 Å². The van der Waals surface area contributed by atoms with Crippen LogP contribution in [0.15, 0.2) is 30.3 Å². The van der Waals surface area contributed by atoms with Crippen LogP contribution < -0.4 is 10.6 Å². The lowest BCUT2D eigenvalue weighted by Crippen LogP contribution is -2.21. The molecule has 1 unspecified atom stereocenters. The first kappa shape index (κ1) is 22.2. The number of carboxylic acid groups (broad SMARTS) is 1. The van der Waals surface area contributed by atoms with Gasteiger partial charge in [0.1, 0.15) is 0 Å². The number of nitrogens with one attached hydrogen (secondary N) is 2. The van der Waals surface area contributed by atoms with Gasteiger partial charge in [-0.3, -0.25) is 9.78 Å². The van der Waals surface area contributed by atoms with E-state index in [-0.39, 0.29) is 12.3 Å². The molecule has 1 saturated heterocycles. The quantitative estimate of drug-likeness (QED) is 0.705. The molecule has 8 nitrogen and oxygen atoms in total. The second kappa shape index (κ2) is 9.92. The van der Waals surface area contributed by atoms with Gasteiger partial charge in [0.15, 0.2) is 5.82 Å². The molecule has 2 aromatic heterocycles. The molecular formula is C18H20F3N5O3. The van der Waals surface area contributed by atoms with Gasteiger partial charge in [0.25, 0.3) is 0 Å². The number of amides is 1. The van der Waals surface area contributed by atoms with E-state index in [1.54, 1.807) is 0 Å². The molecule has 1 amide bonds. The van der Waals surface area contributed by atoms with E-state index in [9.17, 15) is 18.0 Å². The Labute approximate surface area is 164 Å². The summed E-state index contributed by atoms with van der Waals surface area (Å²) in [4.78, 5) is 25.2. The van der Waals surface area contributed by atoms with E-state index in [2.05, 4.69) is 25.8 Å². The zero-order valence-electron chi connectivity index (χ0n) is 15.5. The van der Waals surface area contributed by atoms with Gasteiger partial charge in [0.2, 0.25) is 5.91 Å². The van der Waals surface area contributed by atoms with Gasteiger partial charge in [0.05, 0.1) is 12.1 Å². The summed E-state index contributed by atoms with van der Waals surface area (Å²) in [5.74, 6) is -1.99. The highest BCUT2D eigenvalue weighted by Gasteiger charge is 2.38. The molecule has 1 aliphatic heterocycles. The van der Waals surface area contributed by atoms with Crippen molar-refractivity contribution in [2.75, 3.05) is 18.4 Å². The molecule has 0 bridgehead atoms. The minimum absolute atomic E-state index is 0.136. The molecule has 0 spiro atoms. The Bertz CT molecular complexity index is 837. The fourth-order valence-electron chi connectivity index (χ4n) is 2.58. The number of anilines is 1. The molecule has 0 saturated carbocycles. The highest BCUT2D eigenvalue weighted by atomic mass is 19.4. The third-order valence-corrected chi connectivity index (χ3v) is 3.96. The van der Waals surface area contributed by atoms with E-state index in [4.69, 9.17) is 9.90 Å². The minimum atomic E-state index is -5.08. The highest BCUT2D eigenvalue weighted by molar-refractivity contribution is 5.91. The molecule has 156 valence electrons. The molecule has 3 N–H and O–H groups in total. The standard InChI is InChI=1S/C16H19N5O.C2HF3O2/c1-11-3-2-4-13(18-11)9-16(22)19-15-6-5-14(20-21-15)12-7-8-17-10-12;3-2(4,5)1(6)7/h2-6,12,17H,7-10H2,1H3,(H,19,21,22);(H,6,7). The van der Waals surface area contributed by atoms with Crippen LogP contribution in [0.5, 0.6) is 0 Å². The van der Waals surface area contributed by atoms with Gasteiger partial charge in [-0.15, -0.1) is 5.10 Å². The summed E-state index contributed by atoms with van der Waals surface area (Å²) >= 11 is 0. The van der Waals surface area contributed by atoms with Crippen LogP contribution in [0.1, 0.15) is 29.4 Å². The van der Waals surface area contributed by atoms with Crippen LogP contribution >= 0.6 is 0 Å². The van der Waals surface area contributed by atoms with Crippen molar-refractivity contribution in [3.05, 3.63) is 47.4 Å². The molecule has 0 aromatic carbocycles. The number of halogens is 3. The van der Waals surface area contributed by atoms with Crippen molar-refractivity contribution in [2.45, 2.75) is 31.9 Å². The SMILES string of the molecule is Cc1cccc(CC(=O)Nc2ccc(C3CCNC3)nn2)n1.O=C(O)C(F)(F)F. The number of aromatic nitrogens is 3. The molecule has 2 aromatic rings. The van der Waals surface area contributed by atoms with Crippen molar-refractivity contribution >= 4 is 17.7 Å². The number of hydrogen-bond donors (Lipinski definition) is 3. The molecule has 1 fully saturated rings. The minimum Gasteiger partial charge on any atom is -0.475 e. The Balaban J connectivity index is 0.000000370. The van der Waals surface area contributed by atoms with Gasteiger partial charge in [-0.05, 0) is 44.2 Å². The van der Waals surface area contributed by atoms with Crippen LogP contribution in [0.2, 0.25) is 0 Å². The lowest BCUT2D eigenvalue weighted by Gasteiger charge is -2.08. The van der Waals surface area contributed by atoms with E-state index < -0.39 is 12.1 Å². The van der Waals surface area contributed by atoms with Gasteiger partial charge < -0.3 is 15.7 Å². The first-order chi connectivity index (χ1) is 13.6. The third-order valence-electron chi connectivity index (χ3n) is 3.96. The molecule has 0 aliphatic carbocycles. The topological polar surface area (TPSA) is 117 Å². The third kappa shape index (κ3) is 7.45. The van der Waals surface area contributed by atoms with Crippen molar-refractivity contribution in [2.24, 2.45) is 0 Å². The first-order valence-electron chi connectivity index (χ1n) is 8.72. The molecule has 3 rings (SSSR count). The maximum Gasteiger partial charge on any atom is 0.490 e. The number of hydrogen-bond acceptors (Lipinski definition) is 6. The van der Waals surface area contributed by atoms with Crippen LogP contribution in [0.4, 0.5) is 19.0 Å². The smallest absolute Gasteiger partial charge is 0.475 e. The van der Waals surface area contributed by atoms with Crippen LogP contribution in [0, 0.1) is 6.92 Å². The number of aliphatic carboxylic acids is 1. The normalized spacial score (nSPS) is 15.9. The molecule has 1 atom stereocenters. The number of alkyl halides is 3. The summed E-state index contributed by atoms with van der Waals surface area (Å²) in [7, 11) is 0. The van der Waals surface area contributed by atoms with E-state index >= 15 is 0 Å². The Hall–Kier alpha value is -3.08. The van der Waals surface area contributed by atoms with Crippen LogP contribution in [0.3, 0.4) is 0 Å². The predicted octanol–water partition coefficient (Wildman–Crippen LogP) is 2.07. The second-order valence-corrected chi connectivity index (χ2v) is 6.33. The summed E-state index contributed by atoms with van der Waals surface area (Å²) in [6.45, 7) is 3.87. The molecule has 0 radical (unpaired) electrons. The number of carbonyl (C=O) groups is 2. The summed E-state index contributed by atoms with van der Waals surface area (Å²) < 4.78 is 31.7. The van der Waals surface area contributed by atoms with E-state index in [1.807, 2.05) is 37.3 Å². The summed E-state index contributed by atoms with van der Waals surface area (Å²) in [5.41, 5.74) is 2.63. The monoisotopic (exact) mass is 411 g/mol. The molecule has 3 heterocycles. The molecule has 1 aliphatic rings. The van der Waals surface area contributed by atoms with Crippen molar-refractivity contribution in [1.29, 1.82) is 0 Å². The molecule has 29 heavy (non-hydrogen) atoms. The lowest BCUT2D eigenvalue weighted by molar-refractivity contribution is -0.192. The number of aryl methyl sites for hydroxylation is 1. The second-order valence-electron chi connectivity index (χ2n) is 6.33. The maximum atomic E-state index is 12.0. The average molecular weight is 411 g/mol. The van der Waals surface area contributed by atoms with Crippen molar-refractivity contribution in [1.82, 2.24) is 20.5 Å². The molecule has 11 heteroatoms. The number of nitrogens with zero attached hydrogens (tertiary/aromatic N) is 3. The van der Waals surface area contributed by atoms with Crippen LogP contribution in [-0.2, 0) is 16.0 Å². The van der Waals surface area contributed by atoms with Gasteiger partial charge in [-0.2, -0.15) is 18.3 Å². The largest absolute Gasteiger partial charge is 0.490 e. The Kier molecular flexibility index (Phi) is 7.59. The number of carbonyl (C=O) groups excluding carboxylic acids is 1. The van der Waals surface area contributed by atoms with Gasteiger partial charge in [-0.1, -0.05) is 6.07 Å². The predicted molar refractivity (Wildman–Crippen MR) is 97.3 cm³/mol. The van der Waals surface area contributed by atoms with E-state index in [0.717, 1.165) is 36.6 Å². The molecular weight excluding hydrogens is 391 g/mol. The number of carboxylic acids is 1. The van der Waals surface area contributed by atoms with Crippen LogP contribution in [0.25, 0.3) is 0 Å². The zero-order chi connectivity index (χ0) is 21.4. The average Bonchev–Trinajstić information content (AvgIpc) is 3.16. The Morgan fingerprint density at radius 2 is 1.97 bits per heavy atom. The van der Waals surface area contributed by atoms with Crippen molar-refractivity contribution in [3.63, 3.8) is 0 Å². The number of pyridine rings is 1.